The summed E-state index contributed by atoms with van der Waals surface area (Å²) in [5, 5.41) is 3.30. The van der Waals surface area contributed by atoms with Crippen molar-refractivity contribution in [3.63, 3.8) is 0 Å². The second kappa shape index (κ2) is 8.32. The van der Waals surface area contributed by atoms with Gasteiger partial charge in [0.1, 0.15) is 5.82 Å². The van der Waals surface area contributed by atoms with E-state index in [9.17, 15) is 4.79 Å². The van der Waals surface area contributed by atoms with Gasteiger partial charge < -0.3 is 10.2 Å². The first kappa shape index (κ1) is 17.0. The first-order valence-electron chi connectivity index (χ1n) is 8.19. The number of amides is 1. The van der Waals surface area contributed by atoms with Crippen molar-refractivity contribution >= 4 is 11.7 Å². The Balaban J connectivity index is 2.05. The van der Waals surface area contributed by atoms with Crippen LogP contribution in [0.1, 0.15) is 43.1 Å². The molecule has 1 unspecified atom stereocenters. The highest BCUT2D eigenvalue weighted by Crippen LogP contribution is 2.12. The van der Waals surface area contributed by atoms with Crippen molar-refractivity contribution in [2.45, 2.75) is 39.8 Å². The molecule has 4 nitrogen and oxygen atoms in total. The lowest BCUT2D eigenvalue weighted by Crippen LogP contribution is -2.30. The Labute approximate surface area is 138 Å². The first-order valence-corrected chi connectivity index (χ1v) is 8.19. The first-order chi connectivity index (χ1) is 11.1. The molecule has 0 bridgehead atoms. The van der Waals surface area contributed by atoms with Gasteiger partial charge in [-0.05, 0) is 38.0 Å². The standard InChI is InChI=1S/C19H25N3O/c1-4-15(3)21-18-12-11-17(13-20-18)19(23)22(5-2)14-16-9-7-6-8-10-16/h6-13,15H,4-5,14H2,1-3H3,(H,20,21). The van der Waals surface area contributed by atoms with Crippen molar-refractivity contribution in [2.24, 2.45) is 0 Å². The maximum absolute atomic E-state index is 12.6. The molecule has 0 spiro atoms. The van der Waals surface area contributed by atoms with Gasteiger partial charge >= 0.3 is 0 Å². The molecule has 0 saturated heterocycles. The van der Waals surface area contributed by atoms with E-state index in [1.54, 1.807) is 6.20 Å². The Kier molecular flexibility index (Phi) is 6.15. The van der Waals surface area contributed by atoms with E-state index in [1.807, 2.05) is 54.3 Å². The Morgan fingerprint density at radius 3 is 2.48 bits per heavy atom. The largest absolute Gasteiger partial charge is 0.368 e. The van der Waals surface area contributed by atoms with Crippen molar-refractivity contribution in [3.8, 4) is 0 Å². The van der Waals surface area contributed by atoms with Crippen LogP contribution in [0.4, 0.5) is 5.82 Å². The molecule has 2 rings (SSSR count). The van der Waals surface area contributed by atoms with Crippen LogP contribution in [0.3, 0.4) is 0 Å². The fourth-order valence-electron chi connectivity index (χ4n) is 2.27. The number of hydrogen-bond acceptors (Lipinski definition) is 3. The highest BCUT2D eigenvalue weighted by molar-refractivity contribution is 5.94. The highest BCUT2D eigenvalue weighted by atomic mass is 16.2. The molecule has 1 heterocycles. The molecule has 1 N–H and O–H groups in total. The number of benzene rings is 1. The van der Waals surface area contributed by atoms with Crippen molar-refractivity contribution in [3.05, 3.63) is 59.8 Å². The zero-order valence-electron chi connectivity index (χ0n) is 14.1. The molecule has 0 radical (unpaired) electrons. The third-order valence-corrected chi connectivity index (χ3v) is 3.90. The minimum Gasteiger partial charge on any atom is -0.368 e. The fourth-order valence-corrected chi connectivity index (χ4v) is 2.27. The maximum atomic E-state index is 12.6. The minimum atomic E-state index is 0.0129. The van der Waals surface area contributed by atoms with E-state index in [-0.39, 0.29) is 5.91 Å². The number of pyridine rings is 1. The van der Waals surface area contributed by atoms with Crippen LogP contribution in [0.25, 0.3) is 0 Å². The number of anilines is 1. The summed E-state index contributed by atoms with van der Waals surface area (Å²) in [5.74, 6) is 0.820. The van der Waals surface area contributed by atoms with E-state index >= 15 is 0 Å². The number of rotatable bonds is 7. The number of carbonyl (C=O) groups is 1. The molecule has 4 heteroatoms. The predicted octanol–water partition coefficient (Wildman–Crippen LogP) is 3.95. The third kappa shape index (κ3) is 4.81. The minimum absolute atomic E-state index is 0.0129. The number of aromatic nitrogens is 1. The van der Waals surface area contributed by atoms with Crippen LogP contribution in [0.2, 0.25) is 0 Å². The molecular weight excluding hydrogens is 286 g/mol. The van der Waals surface area contributed by atoms with Gasteiger partial charge in [-0.1, -0.05) is 37.3 Å². The van der Waals surface area contributed by atoms with E-state index in [0.29, 0.717) is 24.7 Å². The van der Waals surface area contributed by atoms with Crippen molar-refractivity contribution in [1.29, 1.82) is 0 Å². The molecule has 1 atom stereocenters. The van der Waals surface area contributed by atoms with Crippen LogP contribution in [0.15, 0.2) is 48.7 Å². The van der Waals surface area contributed by atoms with E-state index in [2.05, 4.69) is 24.1 Å². The zero-order valence-corrected chi connectivity index (χ0v) is 14.1. The van der Waals surface area contributed by atoms with Crippen LogP contribution in [-0.4, -0.2) is 28.4 Å². The normalized spacial score (nSPS) is 11.8. The lowest BCUT2D eigenvalue weighted by molar-refractivity contribution is 0.0752. The Morgan fingerprint density at radius 1 is 1.17 bits per heavy atom. The molecule has 2 aromatic rings. The smallest absolute Gasteiger partial charge is 0.255 e. The van der Waals surface area contributed by atoms with Crippen LogP contribution < -0.4 is 5.32 Å². The van der Waals surface area contributed by atoms with E-state index < -0.39 is 0 Å². The van der Waals surface area contributed by atoms with Gasteiger partial charge in [-0.25, -0.2) is 4.98 Å². The van der Waals surface area contributed by atoms with Crippen molar-refractivity contribution in [1.82, 2.24) is 9.88 Å². The summed E-state index contributed by atoms with van der Waals surface area (Å²) < 4.78 is 0. The molecule has 0 aliphatic heterocycles. The molecule has 1 amide bonds. The fraction of sp³-hybridized carbons (Fsp3) is 0.368. The molecule has 23 heavy (non-hydrogen) atoms. The van der Waals surface area contributed by atoms with Gasteiger partial charge in [0, 0.05) is 25.3 Å². The number of carbonyl (C=O) groups excluding carboxylic acids is 1. The number of nitrogens with zero attached hydrogens (tertiary/aromatic N) is 2. The Bertz CT molecular complexity index is 610. The molecule has 0 aliphatic rings. The molecule has 0 fully saturated rings. The van der Waals surface area contributed by atoms with Gasteiger partial charge in [-0.2, -0.15) is 0 Å². The number of nitrogens with one attached hydrogen (secondary N) is 1. The van der Waals surface area contributed by atoms with Crippen LogP contribution in [0.5, 0.6) is 0 Å². The molecule has 0 saturated carbocycles. The molecule has 0 aliphatic carbocycles. The quantitative estimate of drug-likeness (QED) is 0.842. The molecule has 122 valence electrons. The maximum Gasteiger partial charge on any atom is 0.255 e. The summed E-state index contributed by atoms with van der Waals surface area (Å²) >= 11 is 0. The Morgan fingerprint density at radius 2 is 1.91 bits per heavy atom. The molecule has 1 aromatic heterocycles. The second-order valence-corrected chi connectivity index (χ2v) is 5.69. The van der Waals surface area contributed by atoms with Crippen LogP contribution >= 0.6 is 0 Å². The van der Waals surface area contributed by atoms with Crippen molar-refractivity contribution < 1.29 is 4.79 Å². The van der Waals surface area contributed by atoms with Crippen LogP contribution in [-0.2, 0) is 6.54 Å². The lowest BCUT2D eigenvalue weighted by Gasteiger charge is -2.21. The summed E-state index contributed by atoms with van der Waals surface area (Å²) in [6, 6.07) is 14.1. The van der Waals surface area contributed by atoms with E-state index in [0.717, 1.165) is 17.8 Å². The average molecular weight is 311 g/mol. The molecular formula is C19H25N3O. The summed E-state index contributed by atoms with van der Waals surface area (Å²) in [6.45, 7) is 7.51. The van der Waals surface area contributed by atoms with E-state index in [1.165, 1.54) is 0 Å². The predicted molar refractivity (Wildman–Crippen MR) is 94.5 cm³/mol. The van der Waals surface area contributed by atoms with Gasteiger partial charge in [0.15, 0.2) is 0 Å². The van der Waals surface area contributed by atoms with Gasteiger partial charge in [0.2, 0.25) is 0 Å². The Hall–Kier alpha value is -2.36. The lowest BCUT2D eigenvalue weighted by atomic mass is 10.2. The van der Waals surface area contributed by atoms with Gasteiger partial charge in [-0.15, -0.1) is 0 Å². The SMILES string of the molecule is CCC(C)Nc1ccc(C(=O)N(CC)Cc2ccccc2)cn1. The summed E-state index contributed by atoms with van der Waals surface area (Å²) in [5.41, 5.74) is 1.75. The van der Waals surface area contributed by atoms with Gasteiger partial charge in [-0.3, -0.25) is 4.79 Å². The topological polar surface area (TPSA) is 45.2 Å². The van der Waals surface area contributed by atoms with Gasteiger partial charge in [0.25, 0.3) is 5.91 Å². The third-order valence-electron chi connectivity index (χ3n) is 3.90. The summed E-state index contributed by atoms with van der Waals surface area (Å²) in [4.78, 5) is 18.8. The second-order valence-electron chi connectivity index (χ2n) is 5.69. The zero-order chi connectivity index (χ0) is 16.7. The van der Waals surface area contributed by atoms with Crippen LogP contribution in [0, 0.1) is 0 Å². The highest BCUT2D eigenvalue weighted by Gasteiger charge is 2.15. The summed E-state index contributed by atoms with van der Waals surface area (Å²) in [7, 11) is 0. The number of hydrogen-bond donors (Lipinski definition) is 1. The van der Waals surface area contributed by atoms with Crippen molar-refractivity contribution in [2.75, 3.05) is 11.9 Å². The van der Waals surface area contributed by atoms with E-state index in [4.69, 9.17) is 0 Å². The average Bonchev–Trinajstić information content (AvgIpc) is 2.60. The molecule has 1 aromatic carbocycles. The van der Waals surface area contributed by atoms with Gasteiger partial charge in [0.05, 0.1) is 5.56 Å². The monoisotopic (exact) mass is 311 g/mol. The summed E-state index contributed by atoms with van der Waals surface area (Å²) in [6.07, 6.45) is 2.68.